The van der Waals surface area contributed by atoms with E-state index in [1.54, 1.807) is 0 Å². The minimum Gasteiger partial charge on any atom is -0.481 e. The van der Waals surface area contributed by atoms with Crippen LogP contribution in [0.2, 0.25) is 0 Å². The summed E-state index contributed by atoms with van der Waals surface area (Å²) in [5.74, 6) is -0.740. The number of rotatable bonds is 5. The number of hydrogen-bond donors (Lipinski definition) is 1. The number of piperidine rings is 1. The fraction of sp³-hybridized carbons (Fsp3) is 0.529. The van der Waals surface area contributed by atoms with Gasteiger partial charge >= 0.3 is 5.97 Å². The summed E-state index contributed by atoms with van der Waals surface area (Å²) in [5, 5.41) is 8.97. The van der Waals surface area contributed by atoms with Gasteiger partial charge in [-0.15, -0.1) is 0 Å². The van der Waals surface area contributed by atoms with E-state index >= 15 is 0 Å². The van der Waals surface area contributed by atoms with Crippen molar-refractivity contribution in [1.82, 2.24) is 4.90 Å². The molecule has 0 bridgehead atoms. The zero-order chi connectivity index (χ0) is 15.4. The van der Waals surface area contributed by atoms with Gasteiger partial charge in [-0.25, -0.2) is 0 Å². The molecule has 0 amide bonds. The molecule has 4 heteroatoms. The van der Waals surface area contributed by atoms with Gasteiger partial charge in [0.2, 0.25) is 0 Å². The lowest BCUT2D eigenvalue weighted by molar-refractivity contribution is -0.143. The van der Waals surface area contributed by atoms with Crippen molar-refractivity contribution < 1.29 is 14.7 Å². The van der Waals surface area contributed by atoms with Crippen molar-refractivity contribution in [3.8, 4) is 0 Å². The lowest BCUT2D eigenvalue weighted by atomic mass is 9.96. The highest BCUT2D eigenvalue weighted by atomic mass is 16.4. The molecule has 1 N–H and O–H groups in total. The lowest BCUT2D eigenvalue weighted by Crippen LogP contribution is -2.37. The first kappa shape index (κ1) is 15.7. The van der Waals surface area contributed by atoms with Crippen LogP contribution >= 0.6 is 0 Å². The normalized spacial score (nSPS) is 16.9. The summed E-state index contributed by atoms with van der Waals surface area (Å²) in [7, 11) is 0. The summed E-state index contributed by atoms with van der Waals surface area (Å²) in [4.78, 5) is 25.3. The second kappa shape index (κ2) is 6.85. The van der Waals surface area contributed by atoms with Crippen LogP contribution in [-0.2, 0) is 4.79 Å². The monoisotopic (exact) mass is 289 g/mol. The predicted octanol–water partition coefficient (Wildman–Crippen LogP) is 2.67. The molecule has 0 unspecified atom stereocenters. The van der Waals surface area contributed by atoms with Crippen LogP contribution in [-0.4, -0.2) is 41.4 Å². The molecule has 0 atom stereocenters. The third-order valence-corrected chi connectivity index (χ3v) is 4.42. The molecule has 114 valence electrons. The Morgan fingerprint density at radius 1 is 1.19 bits per heavy atom. The van der Waals surface area contributed by atoms with Crippen molar-refractivity contribution in [2.24, 2.45) is 5.92 Å². The Labute approximate surface area is 125 Å². The molecule has 4 nitrogen and oxygen atoms in total. The number of aryl methyl sites for hydroxylation is 2. The lowest BCUT2D eigenvalue weighted by Gasteiger charge is -2.29. The summed E-state index contributed by atoms with van der Waals surface area (Å²) >= 11 is 0. The standard InChI is InChI=1S/C17H23NO3/c1-12-3-4-15(11-13(12)2)16(19)7-10-18-8-5-14(6-9-18)17(20)21/h3-4,11,14H,5-10H2,1-2H3,(H,20,21). The number of aliphatic carboxylic acids is 1. The first-order valence-electron chi connectivity index (χ1n) is 7.53. The molecule has 1 aromatic rings. The molecule has 0 aliphatic carbocycles. The van der Waals surface area contributed by atoms with Crippen LogP contribution in [0.5, 0.6) is 0 Å². The molecule has 1 aliphatic heterocycles. The summed E-state index contributed by atoms with van der Waals surface area (Å²) in [6.45, 7) is 6.32. The van der Waals surface area contributed by atoms with Crippen LogP contribution in [0.1, 0.15) is 40.7 Å². The van der Waals surface area contributed by atoms with Gasteiger partial charge in [0.15, 0.2) is 5.78 Å². The van der Waals surface area contributed by atoms with Crippen molar-refractivity contribution in [3.05, 3.63) is 34.9 Å². The quantitative estimate of drug-likeness (QED) is 0.847. The van der Waals surface area contributed by atoms with Crippen LogP contribution < -0.4 is 0 Å². The number of benzene rings is 1. The minimum atomic E-state index is -0.694. The van der Waals surface area contributed by atoms with Gasteiger partial charge in [-0.3, -0.25) is 9.59 Å². The minimum absolute atomic E-state index is 0.165. The molecular formula is C17H23NO3. The zero-order valence-corrected chi connectivity index (χ0v) is 12.8. The summed E-state index contributed by atoms with van der Waals surface area (Å²) in [6.07, 6.45) is 1.88. The average molecular weight is 289 g/mol. The van der Waals surface area contributed by atoms with Gasteiger partial charge in [0.1, 0.15) is 0 Å². The van der Waals surface area contributed by atoms with Crippen molar-refractivity contribution in [2.75, 3.05) is 19.6 Å². The maximum Gasteiger partial charge on any atom is 0.306 e. The number of ketones is 1. The molecule has 0 radical (unpaired) electrons. The summed E-state index contributed by atoms with van der Waals surface area (Å²) in [6, 6.07) is 5.83. The van der Waals surface area contributed by atoms with E-state index in [1.807, 2.05) is 32.0 Å². The largest absolute Gasteiger partial charge is 0.481 e. The van der Waals surface area contributed by atoms with Crippen molar-refractivity contribution in [2.45, 2.75) is 33.1 Å². The molecule has 2 rings (SSSR count). The van der Waals surface area contributed by atoms with Crippen LogP contribution in [0, 0.1) is 19.8 Å². The van der Waals surface area contributed by atoms with E-state index in [4.69, 9.17) is 5.11 Å². The molecule has 1 saturated heterocycles. The van der Waals surface area contributed by atoms with Crippen LogP contribution in [0.3, 0.4) is 0 Å². The fourth-order valence-corrected chi connectivity index (χ4v) is 2.72. The van der Waals surface area contributed by atoms with E-state index in [0.29, 0.717) is 19.3 Å². The van der Waals surface area contributed by atoms with E-state index in [2.05, 4.69) is 4.90 Å². The highest BCUT2D eigenvalue weighted by Crippen LogP contribution is 2.18. The summed E-state index contributed by atoms with van der Waals surface area (Å²) < 4.78 is 0. The Morgan fingerprint density at radius 3 is 2.43 bits per heavy atom. The molecule has 1 fully saturated rings. The maximum absolute atomic E-state index is 12.2. The van der Waals surface area contributed by atoms with Crippen LogP contribution in [0.4, 0.5) is 0 Å². The van der Waals surface area contributed by atoms with Gasteiger partial charge in [-0.05, 0) is 57.0 Å². The number of carbonyl (C=O) groups excluding carboxylic acids is 1. The third kappa shape index (κ3) is 4.14. The van der Waals surface area contributed by atoms with E-state index in [1.165, 1.54) is 5.56 Å². The Kier molecular flexibility index (Phi) is 5.12. The number of carbonyl (C=O) groups is 2. The van der Waals surface area contributed by atoms with E-state index in [9.17, 15) is 9.59 Å². The van der Waals surface area contributed by atoms with Crippen molar-refractivity contribution in [3.63, 3.8) is 0 Å². The Bertz CT molecular complexity index is 531. The average Bonchev–Trinajstić information content (AvgIpc) is 2.48. The van der Waals surface area contributed by atoms with E-state index in [-0.39, 0.29) is 11.7 Å². The molecule has 1 aliphatic rings. The van der Waals surface area contributed by atoms with Gasteiger partial charge in [0.25, 0.3) is 0 Å². The highest BCUT2D eigenvalue weighted by Gasteiger charge is 2.24. The van der Waals surface area contributed by atoms with Gasteiger partial charge in [0, 0.05) is 18.5 Å². The SMILES string of the molecule is Cc1ccc(C(=O)CCN2CCC(C(=O)O)CC2)cc1C. The number of hydrogen-bond acceptors (Lipinski definition) is 3. The number of carboxylic acid groups (broad SMARTS) is 1. The number of Topliss-reactive ketones (excluding diaryl/α,β-unsaturated/α-hetero) is 1. The first-order valence-corrected chi connectivity index (χ1v) is 7.53. The molecule has 0 aromatic heterocycles. The van der Waals surface area contributed by atoms with Crippen molar-refractivity contribution >= 4 is 11.8 Å². The first-order chi connectivity index (χ1) is 9.97. The maximum atomic E-state index is 12.2. The second-order valence-electron chi connectivity index (χ2n) is 5.93. The molecule has 21 heavy (non-hydrogen) atoms. The predicted molar refractivity (Wildman–Crippen MR) is 81.7 cm³/mol. The molecule has 0 spiro atoms. The number of nitrogens with zero attached hydrogens (tertiary/aromatic N) is 1. The number of carboxylic acids is 1. The fourth-order valence-electron chi connectivity index (χ4n) is 2.72. The Hall–Kier alpha value is -1.68. The zero-order valence-electron chi connectivity index (χ0n) is 12.8. The molecule has 1 aromatic carbocycles. The van der Waals surface area contributed by atoms with Crippen LogP contribution in [0.15, 0.2) is 18.2 Å². The molecule has 0 saturated carbocycles. The topological polar surface area (TPSA) is 57.6 Å². The van der Waals surface area contributed by atoms with E-state index in [0.717, 1.165) is 30.8 Å². The van der Waals surface area contributed by atoms with Gasteiger partial charge in [-0.2, -0.15) is 0 Å². The Morgan fingerprint density at radius 2 is 1.86 bits per heavy atom. The van der Waals surface area contributed by atoms with Gasteiger partial charge < -0.3 is 10.0 Å². The van der Waals surface area contributed by atoms with Gasteiger partial charge in [-0.1, -0.05) is 12.1 Å². The highest BCUT2D eigenvalue weighted by molar-refractivity contribution is 5.96. The summed E-state index contributed by atoms with van der Waals surface area (Å²) in [5.41, 5.74) is 3.11. The van der Waals surface area contributed by atoms with E-state index < -0.39 is 5.97 Å². The second-order valence-corrected chi connectivity index (χ2v) is 5.93. The van der Waals surface area contributed by atoms with Gasteiger partial charge in [0.05, 0.1) is 5.92 Å². The Balaban J connectivity index is 1.82. The molecule has 1 heterocycles. The third-order valence-electron chi connectivity index (χ3n) is 4.42. The smallest absolute Gasteiger partial charge is 0.306 e. The van der Waals surface area contributed by atoms with Crippen LogP contribution in [0.25, 0.3) is 0 Å². The van der Waals surface area contributed by atoms with Crippen molar-refractivity contribution in [1.29, 1.82) is 0 Å². The molecular weight excluding hydrogens is 266 g/mol. The number of likely N-dealkylation sites (tertiary alicyclic amines) is 1.